The summed E-state index contributed by atoms with van der Waals surface area (Å²) in [5, 5.41) is 9.13. The third-order valence-electron chi connectivity index (χ3n) is 2.17. The molecule has 1 N–H and O–H groups in total. The number of para-hydroxylation sites is 2. The van der Waals surface area contributed by atoms with Crippen molar-refractivity contribution in [2.24, 2.45) is 9.98 Å². The largest absolute Gasteiger partial charge is 0.436 e. The Balaban J connectivity index is 2.66. The van der Waals surface area contributed by atoms with Gasteiger partial charge in [-0.1, -0.05) is 12.1 Å². The summed E-state index contributed by atoms with van der Waals surface area (Å²) in [6, 6.07) is 6.01. The lowest BCUT2D eigenvalue weighted by Gasteiger charge is -2.23. The second kappa shape index (κ2) is 3.03. The molecule has 0 radical (unpaired) electrons. The van der Waals surface area contributed by atoms with Crippen molar-refractivity contribution in [3.63, 3.8) is 0 Å². The van der Waals surface area contributed by atoms with Crippen molar-refractivity contribution in [2.75, 3.05) is 6.61 Å². The summed E-state index contributed by atoms with van der Waals surface area (Å²) in [7, 11) is 0. The fourth-order valence-corrected chi connectivity index (χ4v) is 1.36. The van der Waals surface area contributed by atoms with Gasteiger partial charge in [0.05, 0.1) is 17.3 Å². The van der Waals surface area contributed by atoms with Crippen LogP contribution in [0.2, 0.25) is 0 Å². The van der Waals surface area contributed by atoms with Crippen LogP contribution in [0.5, 0.6) is 0 Å². The minimum atomic E-state index is -4.68. The molecule has 0 bridgehead atoms. The van der Waals surface area contributed by atoms with E-state index in [4.69, 9.17) is 5.11 Å². The second-order valence-corrected chi connectivity index (χ2v) is 3.18. The van der Waals surface area contributed by atoms with Crippen LogP contribution in [0.1, 0.15) is 0 Å². The number of aliphatic hydroxyl groups excluding tert-OH is 1. The fraction of sp³-hybridized carbons (Fsp3) is 0.333. The third kappa shape index (κ3) is 1.41. The Morgan fingerprint density at radius 1 is 1.13 bits per heavy atom. The highest BCUT2D eigenvalue weighted by atomic mass is 19.4. The van der Waals surface area contributed by atoms with Crippen molar-refractivity contribution in [1.29, 1.82) is 0 Å². The molecule has 0 atom stereocenters. The van der Waals surface area contributed by atoms with E-state index in [1.54, 1.807) is 12.1 Å². The average Bonchev–Trinajstić information content (AvgIpc) is 2.56. The highest BCUT2D eigenvalue weighted by Crippen LogP contribution is 2.34. The molecule has 0 aromatic heterocycles. The average molecular weight is 216 g/mol. The predicted molar refractivity (Wildman–Crippen MR) is 44.6 cm³/mol. The maximum atomic E-state index is 12.6. The van der Waals surface area contributed by atoms with E-state index in [0.717, 1.165) is 0 Å². The topological polar surface area (TPSA) is 45.0 Å². The van der Waals surface area contributed by atoms with Crippen LogP contribution in [0.25, 0.3) is 0 Å². The van der Waals surface area contributed by atoms with E-state index in [2.05, 4.69) is 9.98 Å². The number of hydrogen-bond acceptors (Lipinski definition) is 3. The number of aliphatic hydroxyl groups is 1. The second-order valence-electron chi connectivity index (χ2n) is 3.18. The maximum absolute atomic E-state index is 12.6. The number of nitrogens with zero attached hydrogens (tertiary/aromatic N) is 2. The summed E-state index contributed by atoms with van der Waals surface area (Å²) in [4.78, 5) is 6.86. The number of alkyl halides is 3. The first-order valence-electron chi connectivity index (χ1n) is 4.21. The first kappa shape index (κ1) is 10.1. The van der Waals surface area contributed by atoms with Crippen molar-refractivity contribution in [3.05, 3.63) is 35.0 Å². The van der Waals surface area contributed by atoms with Crippen LogP contribution >= 0.6 is 0 Å². The van der Waals surface area contributed by atoms with Gasteiger partial charge in [-0.05, 0) is 12.1 Å². The van der Waals surface area contributed by atoms with E-state index in [-0.39, 0.29) is 10.7 Å². The highest BCUT2D eigenvalue weighted by molar-refractivity contribution is 5.09. The van der Waals surface area contributed by atoms with Crippen LogP contribution in [0.15, 0.2) is 34.3 Å². The summed E-state index contributed by atoms with van der Waals surface area (Å²) >= 11 is 0. The molecule has 6 heteroatoms. The van der Waals surface area contributed by atoms with Crippen molar-refractivity contribution >= 4 is 0 Å². The molecule has 15 heavy (non-hydrogen) atoms. The molecule has 1 heterocycles. The zero-order chi connectivity index (χ0) is 11.1. The van der Waals surface area contributed by atoms with Crippen molar-refractivity contribution in [2.45, 2.75) is 11.8 Å². The fourth-order valence-electron chi connectivity index (χ4n) is 1.36. The molecule has 1 aromatic carbocycles. The first-order valence-corrected chi connectivity index (χ1v) is 4.21. The van der Waals surface area contributed by atoms with Crippen LogP contribution < -0.4 is 10.7 Å². The monoisotopic (exact) mass is 216 g/mol. The molecule has 0 unspecified atom stereocenters. The SMILES string of the molecule is OCC1(C(F)(F)F)N=c2ccccc2=N1. The molecule has 1 aliphatic heterocycles. The van der Waals surface area contributed by atoms with E-state index in [1.165, 1.54) is 12.1 Å². The molecule has 0 spiro atoms. The maximum Gasteiger partial charge on any atom is 0.436 e. The zero-order valence-corrected chi connectivity index (χ0v) is 7.49. The molecule has 0 amide bonds. The molecule has 0 saturated carbocycles. The molecule has 0 saturated heterocycles. The molecular weight excluding hydrogens is 209 g/mol. The van der Waals surface area contributed by atoms with Gasteiger partial charge < -0.3 is 5.11 Å². The van der Waals surface area contributed by atoms with Gasteiger partial charge in [0, 0.05) is 0 Å². The van der Waals surface area contributed by atoms with Gasteiger partial charge in [-0.25, -0.2) is 9.98 Å². The summed E-state index contributed by atoms with van der Waals surface area (Å²) in [6.45, 7) is -1.18. The van der Waals surface area contributed by atoms with Gasteiger partial charge in [-0.15, -0.1) is 0 Å². The lowest BCUT2D eigenvalue weighted by atomic mass is 10.2. The Morgan fingerprint density at radius 3 is 1.93 bits per heavy atom. The minimum absolute atomic E-state index is 0.156. The van der Waals surface area contributed by atoms with Crippen LogP contribution in [0.3, 0.4) is 0 Å². The number of hydrogen-bond donors (Lipinski definition) is 1. The normalized spacial score (nSPS) is 17.9. The Labute approximate surface area is 82.6 Å². The number of fused-ring (bicyclic) bond motifs is 1. The molecule has 0 aliphatic carbocycles. The van der Waals surface area contributed by atoms with Crippen LogP contribution in [0.4, 0.5) is 13.2 Å². The van der Waals surface area contributed by atoms with Gasteiger partial charge in [0.15, 0.2) is 0 Å². The van der Waals surface area contributed by atoms with Crippen molar-refractivity contribution in [1.82, 2.24) is 0 Å². The molecule has 0 fully saturated rings. The van der Waals surface area contributed by atoms with Gasteiger partial charge in [0.2, 0.25) is 0 Å². The third-order valence-corrected chi connectivity index (χ3v) is 2.17. The Kier molecular flexibility index (Phi) is 2.04. The highest BCUT2D eigenvalue weighted by Gasteiger charge is 2.56. The van der Waals surface area contributed by atoms with Gasteiger partial charge in [0.1, 0.15) is 0 Å². The summed E-state index contributed by atoms with van der Waals surface area (Å²) < 4.78 is 37.9. The van der Waals surface area contributed by atoms with Gasteiger partial charge in [-0.3, -0.25) is 0 Å². The summed E-state index contributed by atoms with van der Waals surface area (Å²) in [5.41, 5.74) is -2.71. The number of rotatable bonds is 1. The Bertz CT molecular complexity index is 460. The van der Waals surface area contributed by atoms with E-state index in [9.17, 15) is 13.2 Å². The first-order chi connectivity index (χ1) is 6.98. The summed E-state index contributed by atoms with van der Waals surface area (Å²) in [6.07, 6.45) is -4.68. The zero-order valence-electron chi connectivity index (χ0n) is 7.49. The van der Waals surface area contributed by atoms with E-state index >= 15 is 0 Å². The Morgan fingerprint density at radius 2 is 1.60 bits per heavy atom. The quantitative estimate of drug-likeness (QED) is 0.715. The van der Waals surface area contributed by atoms with Gasteiger partial charge in [-0.2, -0.15) is 13.2 Å². The lowest BCUT2D eigenvalue weighted by molar-refractivity contribution is -0.192. The molecule has 80 valence electrons. The minimum Gasteiger partial charge on any atom is -0.391 e. The van der Waals surface area contributed by atoms with Crippen molar-refractivity contribution < 1.29 is 18.3 Å². The predicted octanol–water partition coefficient (Wildman–Crippen LogP) is 0.190. The molecule has 3 nitrogen and oxygen atoms in total. The van der Waals surface area contributed by atoms with Crippen molar-refractivity contribution in [3.8, 4) is 0 Å². The number of halogens is 3. The molecule has 1 aliphatic rings. The molecule has 1 aromatic rings. The smallest absolute Gasteiger partial charge is 0.391 e. The van der Waals surface area contributed by atoms with Gasteiger partial charge in [0.25, 0.3) is 5.66 Å². The molecule has 2 rings (SSSR count). The lowest BCUT2D eigenvalue weighted by Crippen LogP contribution is -2.44. The number of benzene rings is 1. The van der Waals surface area contributed by atoms with Crippen LogP contribution in [-0.4, -0.2) is 23.6 Å². The van der Waals surface area contributed by atoms with E-state index in [1.807, 2.05) is 0 Å². The van der Waals surface area contributed by atoms with E-state index in [0.29, 0.717) is 0 Å². The Hall–Kier alpha value is -1.43. The summed E-state index contributed by atoms with van der Waals surface area (Å²) in [5.74, 6) is 0. The van der Waals surface area contributed by atoms with E-state index < -0.39 is 18.4 Å². The van der Waals surface area contributed by atoms with Crippen LogP contribution in [-0.2, 0) is 0 Å². The standard InChI is InChI=1S/C9H7F3N2O/c10-9(11,12)8(5-15)13-6-3-1-2-4-7(6)14-8/h1-4,15H,5H2. The molecular formula is C9H7F3N2O. The van der Waals surface area contributed by atoms with Crippen LogP contribution in [0, 0.1) is 0 Å². The van der Waals surface area contributed by atoms with Gasteiger partial charge >= 0.3 is 6.18 Å².